The van der Waals surface area contributed by atoms with Crippen molar-refractivity contribution in [3.8, 4) is 0 Å². The van der Waals surface area contributed by atoms with Gasteiger partial charge in [-0.3, -0.25) is 10.1 Å². The fourth-order valence-electron chi connectivity index (χ4n) is 2.35. The van der Waals surface area contributed by atoms with E-state index >= 15 is 0 Å². The third kappa shape index (κ3) is 2.24. The molecule has 1 aliphatic rings. The van der Waals surface area contributed by atoms with E-state index in [2.05, 4.69) is 0 Å². The highest BCUT2D eigenvalue weighted by molar-refractivity contribution is 5.20. The monoisotopic (exact) mass is 224 g/mol. The van der Waals surface area contributed by atoms with Crippen molar-refractivity contribution in [1.82, 2.24) is 0 Å². The van der Waals surface area contributed by atoms with Gasteiger partial charge in [-0.2, -0.15) is 0 Å². The van der Waals surface area contributed by atoms with Gasteiger partial charge in [0, 0.05) is 0 Å². The molecule has 1 fully saturated rings. The van der Waals surface area contributed by atoms with Gasteiger partial charge in [-0.05, 0) is 24.8 Å². The van der Waals surface area contributed by atoms with Crippen LogP contribution in [0.5, 0.6) is 0 Å². The molecule has 0 unspecified atom stereocenters. The van der Waals surface area contributed by atoms with Crippen LogP contribution in [0.25, 0.3) is 0 Å². The molecule has 1 saturated carbocycles. The quantitative estimate of drug-likeness (QED) is 0.632. The predicted molar refractivity (Wildman–Crippen MR) is 58.9 cm³/mol. The summed E-state index contributed by atoms with van der Waals surface area (Å²) >= 11 is 0. The number of nitro groups is 1. The Hall–Kier alpha value is -1.36. The largest absolute Gasteiger partial charge is 0.433 e. The van der Waals surface area contributed by atoms with Gasteiger partial charge in [0.1, 0.15) is 10.7 Å². The summed E-state index contributed by atoms with van der Waals surface area (Å²) in [6, 6.07) is 2.80. The topological polar surface area (TPSA) is 82.3 Å². The van der Waals surface area contributed by atoms with Crippen LogP contribution in [0.1, 0.15) is 43.9 Å². The third-order valence-electron chi connectivity index (χ3n) is 3.28. The van der Waals surface area contributed by atoms with Crippen molar-refractivity contribution in [2.24, 2.45) is 11.7 Å². The van der Waals surface area contributed by atoms with Crippen LogP contribution in [0.3, 0.4) is 0 Å². The first kappa shape index (κ1) is 11.1. The first-order valence-electron chi connectivity index (χ1n) is 5.68. The Bertz CT molecular complexity index is 369. The number of hydrogen-bond acceptors (Lipinski definition) is 4. The number of hydrogen-bond donors (Lipinski definition) is 1. The van der Waals surface area contributed by atoms with Crippen molar-refractivity contribution < 1.29 is 9.34 Å². The smallest absolute Gasteiger partial charge is 0.404 e. The minimum atomic E-state index is -0.531. The van der Waals surface area contributed by atoms with Gasteiger partial charge < -0.3 is 10.2 Å². The summed E-state index contributed by atoms with van der Waals surface area (Å²) in [5, 5.41) is 10.5. The minimum Gasteiger partial charge on any atom is -0.404 e. The molecule has 0 spiro atoms. The SMILES string of the molecule is N[C@H](c1ccc([N+](=O)[O-])o1)C1CCCCC1. The molecule has 1 aliphatic carbocycles. The Labute approximate surface area is 93.8 Å². The van der Waals surface area contributed by atoms with Gasteiger partial charge >= 0.3 is 5.88 Å². The zero-order chi connectivity index (χ0) is 11.5. The molecule has 0 saturated heterocycles. The summed E-state index contributed by atoms with van der Waals surface area (Å²) in [6.45, 7) is 0. The molecule has 0 aliphatic heterocycles. The Kier molecular flexibility index (Phi) is 3.24. The lowest BCUT2D eigenvalue weighted by atomic mass is 9.83. The first-order valence-corrected chi connectivity index (χ1v) is 5.68. The van der Waals surface area contributed by atoms with Gasteiger partial charge in [0.05, 0.1) is 12.1 Å². The fourth-order valence-corrected chi connectivity index (χ4v) is 2.35. The molecule has 0 bridgehead atoms. The molecule has 0 amide bonds. The number of furan rings is 1. The highest BCUT2D eigenvalue weighted by Crippen LogP contribution is 2.34. The molecule has 5 heteroatoms. The summed E-state index contributed by atoms with van der Waals surface area (Å²) < 4.78 is 5.14. The predicted octanol–water partition coefficient (Wildman–Crippen LogP) is 2.77. The molecule has 1 heterocycles. The average Bonchev–Trinajstić information content (AvgIpc) is 2.78. The molecule has 5 nitrogen and oxygen atoms in total. The van der Waals surface area contributed by atoms with Crippen LogP contribution in [0.4, 0.5) is 5.88 Å². The van der Waals surface area contributed by atoms with E-state index in [4.69, 9.17) is 10.2 Å². The van der Waals surface area contributed by atoms with E-state index in [0.29, 0.717) is 11.7 Å². The lowest BCUT2D eigenvalue weighted by Gasteiger charge is -2.25. The van der Waals surface area contributed by atoms with E-state index in [0.717, 1.165) is 12.8 Å². The molecule has 1 aromatic rings. The summed E-state index contributed by atoms with van der Waals surface area (Å²) in [7, 11) is 0. The van der Waals surface area contributed by atoms with Gasteiger partial charge in [0.25, 0.3) is 0 Å². The maximum atomic E-state index is 10.5. The molecular weight excluding hydrogens is 208 g/mol. The number of nitrogens with zero attached hydrogens (tertiary/aromatic N) is 1. The van der Waals surface area contributed by atoms with E-state index in [1.807, 2.05) is 0 Å². The molecule has 2 rings (SSSR count). The fraction of sp³-hybridized carbons (Fsp3) is 0.636. The Morgan fingerprint density at radius 3 is 2.62 bits per heavy atom. The zero-order valence-corrected chi connectivity index (χ0v) is 9.09. The molecular formula is C11H16N2O3. The molecule has 88 valence electrons. The van der Waals surface area contributed by atoms with Crippen molar-refractivity contribution in [2.45, 2.75) is 38.1 Å². The van der Waals surface area contributed by atoms with Crippen LogP contribution >= 0.6 is 0 Å². The van der Waals surface area contributed by atoms with Crippen molar-refractivity contribution in [1.29, 1.82) is 0 Å². The van der Waals surface area contributed by atoms with Crippen molar-refractivity contribution in [2.75, 3.05) is 0 Å². The summed E-state index contributed by atoms with van der Waals surface area (Å²) in [4.78, 5) is 9.95. The van der Waals surface area contributed by atoms with Gasteiger partial charge in [0.2, 0.25) is 0 Å². The second-order valence-electron chi connectivity index (χ2n) is 4.36. The number of nitrogens with two attached hydrogens (primary N) is 1. The summed E-state index contributed by atoms with van der Waals surface area (Å²) in [5.41, 5.74) is 6.07. The third-order valence-corrected chi connectivity index (χ3v) is 3.28. The van der Waals surface area contributed by atoms with E-state index < -0.39 is 4.92 Å². The Morgan fingerprint density at radius 2 is 2.06 bits per heavy atom. The van der Waals surface area contributed by atoms with E-state index in [-0.39, 0.29) is 11.9 Å². The molecule has 1 atom stereocenters. The van der Waals surface area contributed by atoms with E-state index in [1.165, 1.54) is 25.3 Å². The lowest BCUT2D eigenvalue weighted by Crippen LogP contribution is -2.23. The van der Waals surface area contributed by atoms with Crippen LogP contribution < -0.4 is 5.73 Å². The van der Waals surface area contributed by atoms with Crippen LogP contribution in [0.2, 0.25) is 0 Å². The molecule has 2 N–H and O–H groups in total. The van der Waals surface area contributed by atoms with Gasteiger partial charge in [0.15, 0.2) is 0 Å². The van der Waals surface area contributed by atoms with E-state index in [9.17, 15) is 10.1 Å². The summed E-state index contributed by atoms with van der Waals surface area (Å²) in [6.07, 6.45) is 5.84. The maximum Gasteiger partial charge on any atom is 0.433 e. The second-order valence-corrected chi connectivity index (χ2v) is 4.36. The van der Waals surface area contributed by atoms with Crippen LogP contribution in [0, 0.1) is 16.0 Å². The Balaban J connectivity index is 2.07. The second kappa shape index (κ2) is 4.65. The van der Waals surface area contributed by atoms with Gasteiger partial charge in [-0.15, -0.1) is 0 Å². The van der Waals surface area contributed by atoms with Crippen LogP contribution in [-0.2, 0) is 0 Å². The maximum absolute atomic E-state index is 10.5. The highest BCUT2D eigenvalue weighted by atomic mass is 16.6. The Morgan fingerprint density at radius 1 is 1.38 bits per heavy atom. The minimum absolute atomic E-state index is 0.200. The molecule has 0 aromatic carbocycles. The first-order chi connectivity index (χ1) is 7.68. The normalized spacial score (nSPS) is 19.6. The lowest BCUT2D eigenvalue weighted by molar-refractivity contribution is -0.402. The zero-order valence-electron chi connectivity index (χ0n) is 9.09. The van der Waals surface area contributed by atoms with Crippen LogP contribution in [0.15, 0.2) is 16.5 Å². The summed E-state index contributed by atoms with van der Waals surface area (Å²) in [5.74, 6) is 0.722. The van der Waals surface area contributed by atoms with Gasteiger partial charge in [-0.25, -0.2) is 0 Å². The van der Waals surface area contributed by atoms with Crippen molar-refractivity contribution >= 4 is 5.88 Å². The standard InChI is InChI=1S/C11H16N2O3/c12-11(8-4-2-1-3-5-8)9-6-7-10(16-9)13(14)15/h6-8,11H,1-5,12H2/t11-/m0/s1. The molecule has 0 radical (unpaired) electrons. The average molecular weight is 224 g/mol. The van der Waals surface area contributed by atoms with Crippen LogP contribution in [-0.4, -0.2) is 4.92 Å². The molecule has 1 aromatic heterocycles. The van der Waals surface area contributed by atoms with E-state index in [1.54, 1.807) is 6.07 Å². The highest BCUT2D eigenvalue weighted by Gasteiger charge is 2.25. The van der Waals surface area contributed by atoms with Gasteiger partial charge in [-0.1, -0.05) is 19.3 Å². The van der Waals surface area contributed by atoms with Crippen molar-refractivity contribution in [3.63, 3.8) is 0 Å². The molecule has 16 heavy (non-hydrogen) atoms. The van der Waals surface area contributed by atoms with Crippen molar-refractivity contribution in [3.05, 3.63) is 28.0 Å². The number of rotatable bonds is 3.